The quantitative estimate of drug-likeness (QED) is 0.738. The molecule has 1 aromatic heterocycles. The van der Waals surface area contributed by atoms with Gasteiger partial charge in [0.05, 0.1) is 6.20 Å². The number of amides is 2. The molecular formula is C14H20BN3O4. The highest BCUT2D eigenvalue weighted by molar-refractivity contribution is 6.30. The van der Waals surface area contributed by atoms with Gasteiger partial charge >= 0.3 is 12.2 Å². The van der Waals surface area contributed by atoms with Crippen LogP contribution in [0.15, 0.2) is 12.4 Å². The van der Waals surface area contributed by atoms with Gasteiger partial charge < -0.3 is 9.47 Å². The Morgan fingerprint density at radius 3 is 1.73 bits per heavy atom. The molecule has 1 heterocycles. The number of rotatable bonds is 1. The van der Waals surface area contributed by atoms with E-state index in [0.29, 0.717) is 4.90 Å². The highest BCUT2D eigenvalue weighted by atomic mass is 16.6. The van der Waals surface area contributed by atoms with Crippen LogP contribution in [0.2, 0.25) is 0 Å². The van der Waals surface area contributed by atoms with E-state index in [1.165, 1.54) is 12.4 Å². The molecule has 118 valence electrons. The first-order valence-electron chi connectivity index (χ1n) is 6.73. The normalized spacial score (nSPS) is 11.7. The number of ether oxygens (including phenoxy) is 2. The molecule has 0 aliphatic heterocycles. The Morgan fingerprint density at radius 1 is 0.955 bits per heavy atom. The second-order valence-electron chi connectivity index (χ2n) is 6.60. The van der Waals surface area contributed by atoms with Crippen LogP contribution >= 0.6 is 0 Å². The van der Waals surface area contributed by atoms with Crippen molar-refractivity contribution in [2.24, 2.45) is 0 Å². The molecule has 0 aliphatic rings. The summed E-state index contributed by atoms with van der Waals surface area (Å²) in [5.74, 6) is -0.0299. The van der Waals surface area contributed by atoms with Gasteiger partial charge in [-0.1, -0.05) is 0 Å². The van der Waals surface area contributed by atoms with Gasteiger partial charge in [0.1, 0.15) is 19.0 Å². The van der Waals surface area contributed by atoms with E-state index in [2.05, 4.69) is 9.97 Å². The van der Waals surface area contributed by atoms with Crippen molar-refractivity contribution in [3.8, 4) is 0 Å². The fourth-order valence-corrected chi connectivity index (χ4v) is 1.32. The molecule has 0 unspecified atom stereocenters. The van der Waals surface area contributed by atoms with Crippen LogP contribution in [0.4, 0.5) is 15.4 Å². The Morgan fingerprint density at radius 2 is 1.41 bits per heavy atom. The number of hydrogen-bond acceptors (Lipinski definition) is 6. The molecule has 0 aromatic carbocycles. The van der Waals surface area contributed by atoms with Crippen molar-refractivity contribution in [2.75, 3.05) is 4.90 Å². The third-order valence-corrected chi connectivity index (χ3v) is 2.04. The number of carbonyl (C=O) groups is 2. The van der Waals surface area contributed by atoms with Crippen LogP contribution in [0.1, 0.15) is 41.5 Å². The summed E-state index contributed by atoms with van der Waals surface area (Å²) in [6, 6.07) is 0. The Bertz CT molecular complexity index is 519. The van der Waals surface area contributed by atoms with Gasteiger partial charge in [-0.15, -0.1) is 0 Å². The largest absolute Gasteiger partial charge is 0.443 e. The maximum atomic E-state index is 12.3. The van der Waals surface area contributed by atoms with Gasteiger partial charge in [0.15, 0.2) is 5.82 Å². The summed E-state index contributed by atoms with van der Waals surface area (Å²) >= 11 is 0. The fourth-order valence-electron chi connectivity index (χ4n) is 1.32. The fraction of sp³-hybridized carbons (Fsp3) is 0.571. The minimum Gasteiger partial charge on any atom is -0.443 e. The summed E-state index contributed by atoms with van der Waals surface area (Å²) in [5.41, 5.74) is -1.39. The average Bonchev–Trinajstić information content (AvgIpc) is 2.27. The van der Waals surface area contributed by atoms with Gasteiger partial charge in [0, 0.05) is 11.8 Å². The van der Waals surface area contributed by atoms with E-state index in [4.69, 9.17) is 17.3 Å². The number of nitrogens with zero attached hydrogens (tertiary/aromatic N) is 3. The standard InChI is InChI=1S/C14H20BN3O4/c1-13(2,3)21-11(19)18(12(20)22-14(4,5)6)10-8-16-9(15)7-17-10/h7-8H,1-6H3. The summed E-state index contributed by atoms with van der Waals surface area (Å²) in [7, 11) is 5.46. The minimum absolute atomic E-state index is 0.0299. The molecule has 0 atom stereocenters. The van der Waals surface area contributed by atoms with Crippen molar-refractivity contribution in [1.82, 2.24) is 9.97 Å². The molecular weight excluding hydrogens is 285 g/mol. The molecule has 0 N–H and O–H groups in total. The summed E-state index contributed by atoms with van der Waals surface area (Å²) < 4.78 is 10.4. The van der Waals surface area contributed by atoms with E-state index in [-0.39, 0.29) is 11.4 Å². The van der Waals surface area contributed by atoms with Crippen LogP contribution in [0.5, 0.6) is 0 Å². The van der Waals surface area contributed by atoms with E-state index in [1.807, 2.05) is 0 Å². The van der Waals surface area contributed by atoms with Crippen molar-refractivity contribution in [2.45, 2.75) is 52.7 Å². The van der Waals surface area contributed by atoms with Crippen LogP contribution in [-0.4, -0.2) is 41.2 Å². The summed E-state index contributed by atoms with van der Waals surface area (Å²) in [6.45, 7) is 10.1. The minimum atomic E-state index is -0.902. The topological polar surface area (TPSA) is 81.6 Å². The smallest absolute Gasteiger partial charge is 0.425 e. The molecule has 1 aromatic rings. The Hall–Kier alpha value is -2.12. The monoisotopic (exact) mass is 305 g/mol. The third-order valence-electron chi connectivity index (χ3n) is 2.04. The Labute approximate surface area is 131 Å². The van der Waals surface area contributed by atoms with Gasteiger partial charge in [-0.3, -0.25) is 4.98 Å². The lowest BCUT2D eigenvalue weighted by Crippen LogP contribution is -2.44. The molecule has 7 nitrogen and oxygen atoms in total. The van der Waals surface area contributed by atoms with Crippen LogP contribution in [0.3, 0.4) is 0 Å². The van der Waals surface area contributed by atoms with Crippen molar-refractivity contribution >= 4 is 31.4 Å². The number of carbonyl (C=O) groups excluding carboxylic acids is 2. The van der Waals surface area contributed by atoms with E-state index in [0.717, 1.165) is 0 Å². The van der Waals surface area contributed by atoms with Crippen molar-refractivity contribution < 1.29 is 19.1 Å². The van der Waals surface area contributed by atoms with E-state index >= 15 is 0 Å². The maximum absolute atomic E-state index is 12.3. The zero-order valence-corrected chi connectivity index (χ0v) is 13.7. The van der Waals surface area contributed by atoms with E-state index in [1.54, 1.807) is 41.5 Å². The molecule has 0 fully saturated rings. The lowest BCUT2D eigenvalue weighted by molar-refractivity contribution is 0.0429. The molecule has 22 heavy (non-hydrogen) atoms. The van der Waals surface area contributed by atoms with Crippen molar-refractivity contribution in [3.63, 3.8) is 0 Å². The van der Waals surface area contributed by atoms with E-state index < -0.39 is 23.4 Å². The molecule has 0 saturated carbocycles. The van der Waals surface area contributed by atoms with Crippen LogP contribution < -0.4 is 10.5 Å². The molecule has 0 spiro atoms. The summed E-state index contributed by atoms with van der Waals surface area (Å²) in [6.07, 6.45) is 0.627. The molecule has 2 radical (unpaired) electrons. The van der Waals surface area contributed by atoms with Crippen LogP contribution in [0, 0.1) is 0 Å². The first-order valence-corrected chi connectivity index (χ1v) is 6.73. The van der Waals surface area contributed by atoms with Crippen molar-refractivity contribution in [3.05, 3.63) is 12.4 Å². The van der Waals surface area contributed by atoms with Gasteiger partial charge in [-0.2, -0.15) is 4.90 Å². The number of anilines is 1. The van der Waals surface area contributed by atoms with Crippen LogP contribution in [-0.2, 0) is 9.47 Å². The van der Waals surface area contributed by atoms with Gasteiger partial charge in [-0.05, 0) is 41.5 Å². The zero-order chi connectivity index (χ0) is 17.1. The molecule has 2 amide bonds. The summed E-state index contributed by atoms with van der Waals surface area (Å²) in [5, 5.41) is 0. The number of hydrogen-bond donors (Lipinski definition) is 0. The first kappa shape index (κ1) is 17.9. The zero-order valence-electron chi connectivity index (χ0n) is 13.7. The summed E-state index contributed by atoms with van der Waals surface area (Å²) in [4.78, 5) is 33.0. The second-order valence-corrected chi connectivity index (χ2v) is 6.60. The molecule has 0 aliphatic carbocycles. The SMILES string of the molecule is [B]c1cnc(N(C(=O)OC(C)(C)C)C(=O)OC(C)(C)C)cn1. The van der Waals surface area contributed by atoms with Crippen LogP contribution in [0.25, 0.3) is 0 Å². The predicted molar refractivity (Wildman–Crippen MR) is 82.4 cm³/mol. The molecule has 0 bridgehead atoms. The highest BCUT2D eigenvalue weighted by Crippen LogP contribution is 2.18. The maximum Gasteiger partial charge on any atom is 0.425 e. The van der Waals surface area contributed by atoms with Gasteiger partial charge in [0.25, 0.3) is 0 Å². The van der Waals surface area contributed by atoms with Gasteiger partial charge in [0.2, 0.25) is 0 Å². The van der Waals surface area contributed by atoms with Crippen molar-refractivity contribution in [1.29, 1.82) is 0 Å². The first-order chi connectivity index (χ1) is 9.89. The highest BCUT2D eigenvalue weighted by Gasteiger charge is 2.33. The molecule has 0 saturated heterocycles. The van der Waals surface area contributed by atoms with E-state index in [9.17, 15) is 9.59 Å². The Kier molecular flexibility index (Phi) is 5.16. The lowest BCUT2D eigenvalue weighted by atomic mass is 10.1. The Balaban J connectivity index is 3.12. The number of aromatic nitrogens is 2. The lowest BCUT2D eigenvalue weighted by Gasteiger charge is -2.27. The van der Waals surface area contributed by atoms with Gasteiger partial charge in [-0.25, -0.2) is 14.6 Å². The average molecular weight is 305 g/mol. The number of imide groups is 1. The molecule has 8 heteroatoms. The predicted octanol–water partition coefficient (Wildman–Crippen LogP) is 1.95. The molecule has 1 rings (SSSR count). The second kappa shape index (κ2) is 6.33. The third kappa shape index (κ3) is 5.71.